The van der Waals surface area contributed by atoms with Crippen molar-refractivity contribution in [3.05, 3.63) is 0 Å². The fraction of sp³-hybridized carbons (Fsp3) is 1.00. The Kier molecular flexibility index (Phi) is 3.44. The van der Waals surface area contributed by atoms with E-state index in [0.29, 0.717) is 0 Å². The summed E-state index contributed by atoms with van der Waals surface area (Å²) in [6.07, 6.45) is 0.882. The molecule has 0 aromatic heterocycles. The van der Waals surface area contributed by atoms with Crippen LogP contribution >= 0.6 is 0 Å². The zero-order chi connectivity index (χ0) is 7.49. The minimum atomic E-state index is -0.880. The predicted molar refractivity (Wildman–Crippen MR) is 44.5 cm³/mol. The highest BCUT2D eigenvalue weighted by Gasteiger charge is 2.12. The first-order valence-corrected chi connectivity index (χ1v) is 7.30. The molecule has 2 heteroatoms. The van der Waals surface area contributed by atoms with E-state index in [1.54, 1.807) is 0 Å². The molecule has 0 aromatic carbocycles. The third-order valence-corrected chi connectivity index (χ3v) is 3.10. The normalized spacial score (nSPS) is 15.7. The monoisotopic (exact) mass is 146 g/mol. The summed E-state index contributed by atoms with van der Waals surface area (Å²) in [7, 11) is -0.880. The van der Waals surface area contributed by atoms with Crippen LogP contribution in [0.5, 0.6) is 0 Å². The van der Waals surface area contributed by atoms with Gasteiger partial charge in [0.05, 0.1) is 6.10 Å². The van der Waals surface area contributed by atoms with Gasteiger partial charge in [-0.1, -0.05) is 25.7 Å². The second kappa shape index (κ2) is 3.37. The summed E-state index contributed by atoms with van der Waals surface area (Å²) in [6, 6.07) is 1.24. The van der Waals surface area contributed by atoms with Crippen molar-refractivity contribution in [3.8, 4) is 0 Å². The molecule has 0 aliphatic heterocycles. The van der Waals surface area contributed by atoms with Crippen molar-refractivity contribution in [1.82, 2.24) is 0 Å². The van der Waals surface area contributed by atoms with Gasteiger partial charge in [-0.3, -0.25) is 0 Å². The van der Waals surface area contributed by atoms with E-state index in [2.05, 4.69) is 19.6 Å². The van der Waals surface area contributed by atoms with Crippen LogP contribution in [0, 0.1) is 0 Å². The molecule has 0 unspecified atom stereocenters. The number of rotatable bonds is 3. The molecule has 0 fully saturated rings. The topological polar surface area (TPSA) is 20.2 Å². The van der Waals surface area contributed by atoms with Crippen molar-refractivity contribution in [2.75, 3.05) is 0 Å². The van der Waals surface area contributed by atoms with Gasteiger partial charge >= 0.3 is 0 Å². The lowest BCUT2D eigenvalue weighted by Crippen LogP contribution is -2.20. The summed E-state index contributed by atoms with van der Waals surface area (Å²) in [4.78, 5) is 0. The van der Waals surface area contributed by atoms with Crippen LogP contribution in [-0.4, -0.2) is 19.3 Å². The fourth-order valence-corrected chi connectivity index (χ4v) is 1.93. The maximum Gasteiger partial charge on any atom is 0.0509 e. The van der Waals surface area contributed by atoms with E-state index in [9.17, 15) is 0 Å². The minimum Gasteiger partial charge on any atom is -0.393 e. The highest BCUT2D eigenvalue weighted by atomic mass is 28.3. The van der Waals surface area contributed by atoms with Gasteiger partial charge in [0, 0.05) is 8.07 Å². The van der Waals surface area contributed by atoms with E-state index in [0.717, 1.165) is 6.42 Å². The molecule has 0 amide bonds. The molecule has 1 N–H and O–H groups in total. The molecule has 0 saturated carbocycles. The van der Waals surface area contributed by atoms with Gasteiger partial charge in [0.2, 0.25) is 0 Å². The zero-order valence-electron chi connectivity index (χ0n) is 6.94. The number of aliphatic hydroxyl groups is 1. The van der Waals surface area contributed by atoms with Crippen molar-refractivity contribution in [3.63, 3.8) is 0 Å². The van der Waals surface area contributed by atoms with Crippen LogP contribution in [0.1, 0.15) is 13.3 Å². The fourth-order valence-electron chi connectivity index (χ4n) is 0.642. The lowest BCUT2D eigenvalue weighted by atomic mass is 10.3. The van der Waals surface area contributed by atoms with E-state index in [-0.39, 0.29) is 6.10 Å². The van der Waals surface area contributed by atoms with Gasteiger partial charge in [0.1, 0.15) is 0 Å². The Morgan fingerprint density at radius 2 is 1.78 bits per heavy atom. The Hall–Kier alpha value is 0.177. The van der Waals surface area contributed by atoms with Crippen LogP contribution in [0.2, 0.25) is 25.7 Å². The Bertz CT molecular complexity index is 73.5. The maximum atomic E-state index is 8.94. The number of hydrogen-bond acceptors (Lipinski definition) is 1. The van der Waals surface area contributed by atoms with Crippen LogP contribution in [0.25, 0.3) is 0 Å². The second-order valence-corrected chi connectivity index (χ2v) is 9.57. The van der Waals surface area contributed by atoms with Crippen molar-refractivity contribution in [2.45, 2.75) is 45.1 Å². The summed E-state index contributed by atoms with van der Waals surface area (Å²) in [5.41, 5.74) is 0. The van der Waals surface area contributed by atoms with Gasteiger partial charge in [0.25, 0.3) is 0 Å². The van der Waals surface area contributed by atoms with E-state index in [4.69, 9.17) is 5.11 Å². The number of hydrogen-bond donors (Lipinski definition) is 1. The summed E-state index contributed by atoms with van der Waals surface area (Å²) in [5.74, 6) is 0. The average Bonchev–Trinajstić information content (AvgIpc) is 1.59. The molecule has 9 heavy (non-hydrogen) atoms. The molecule has 0 radical (unpaired) electrons. The minimum absolute atomic E-state index is 0.100. The summed E-state index contributed by atoms with van der Waals surface area (Å²) in [5, 5.41) is 8.94. The summed E-state index contributed by atoms with van der Waals surface area (Å²) in [6.45, 7) is 8.85. The van der Waals surface area contributed by atoms with E-state index >= 15 is 0 Å². The van der Waals surface area contributed by atoms with Gasteiger partial charge in [-0.2, -0.15) is 0 Å². The zero-order valence-corrected chi connectivity index (χ0v) is 7.94. The van der Waals surface area contributed by atoms with E-state index in [1.165, 1.54) is 6.04 Å². The Morgan fingerprint density at radius 3 is 1.89 bits per heavy atom. The maximum absolute atomic E-state index is 8.94. The first-order valence-electron chi connectivity index (χ1n) is 3.60. The van der Waals surface area contributed by atoms with Crippen molar-refractivity contribution in [1.29, 1.82) is 0 Å². The van der Waals surface area contributed by atoms with Gasteiger partial charge in [0.15, 0.2) is 0 Å². The van der Waals surface area contributed by atoms with Gasteiger partial charge in [-0.25, -0.2) is 0 Å². The molecule has 1 nitrogen and oxygen atoms in total. The molecule has 0 aliphatic rings. The molecule has 1 atom stereocenters. The molecule has 0 rings (SSSR count). The largest absolute Gasteiger partial charge is 0.393 e. The van der Waals surface area contributed by atoms with Crippen molar-refractivity contribution >= 4 is 8.07 Å². The predicted octanol–water partition coefficient (Wildman–Crippen LogP) is 2.10. The molecule has 0 aliphatic carbocycles. The highest BCUT2D eigenvalue weighted by Crippen LogP contribution is 2.12. The van der Waals surface area contributed by atoms with Gasteiger partial charge in [-0.15, -0.1) is 0 Å². The van der Waals surface area contributed by atoms with Crippen LogP contribution in [0.3, 0.4) is 0 Å². The molecular weight excluding hydrogens is 128 g/mol. The highest BCUT2D eigenvalue weighted by molar-refractivity contribution is 6.76. The van der Waals surface area contributed by atoms with Gasteiger partial charge < -0.3 is 5.11 Å². The lowest BCUT2D eigenvalue weighted by Gasteiger charge is -2.15. The Labute approximate surface area is 59.1 Å². The summed E-state index contributed by atoms with van der Waals surface area (Å²) >= 11 is 0. The molecule has 0 aromatic rings. The third-order valence-electron chi connectivity index (χ3n) is 1.31. The van der Waals surface area contributed by atoms with Crippen LogP contribution < -0.4 is 0 Å². The second-order valence-electron chi connectivity index (χ2n) is 3.95. The lowest BCUT2D eigenvalue weighted by molar-refractivity contribution is 0.190. The van der Waals surface area contributed by atoms with Crippen molar-refractivity contribution < 1.29 is 5.11 Å². The first kappa shape index (κ1) is 9.18. The molecule has 0 spiro atoms. The Morgan fingerprint density at radius 1 is 1.33 bits per heavy atom. The average molecular weight is 146 g/mol. The molecule has 56 valence electrons. The number of aliphatic hydroxyl groups excluding tert-OH is 1. The van der Waals surface area contributed by atoms with Crippen LogP contribution in [0.15, 0.2) is 0 Å². The van der Waals surface area contributed by atoms with Gasteiger partial charge in [-0.05, 0) is 13.3 Å². The first-order chi connectivity index (χ1) is 3.92. The van der Waals surface area contributed by atoms with Crippen LogP contribution in [-0.2, 0) is 0 Å². The Balaban J connectivity index is 3.28. The van der Waals surface area contributed by atoms with Crippen molar-refractivity contribution in [2.24, 2.45) is 0 Å². The standard InChI is InChI=1S/C7H18OSi/c1-7(8)5-6-9(2,3)4/h7-8H,5-6H2,1-4H3/t7-/m1/s1. The quantitative estimate of drug-likeness (QED) is 0.605. The molecule has 0 heterocycles. The smallest absolute Gasteiger partial charge is 0.0509 e. The molecular formula is C7H18OSi. The SMILES string of the molecule is C[C@@H](O)CC[Si](C)(C)C. The van der Waals surface area contributed by atoms with E-state index < -0.39 is 8.07 Å². The molecule has 0 bridgehead atoms. The summed E-state index contributed by atoms with van der Waals surface area (Å²) < 4.78 is 0. The third kappa shape index (κ3) is 8.18. The van der Waals surface area contributed by atoms with E-state index in [1.807, 2.05) is 6.92 Å². The molecule has 0 saturated heterocycles. The van der Waals surface area contributed by atoms with Crippen LogP contribution in [0.4, 0.5) is 0 Å².